The van der Waals surface area contributed by atoms with E-state index in [1.807, 2.05) is 0 Å². The molecule has 79 heavy (non-hydrogen) atoms. The maximum atomic E-state index is 13.1. The molecule has 3 aliphatic rings. The number of rotatable bonds is 18. The van der Waals surface area contributed by atoms with Crippen LogP contribution in [0.1, 0.15) is 11.1 Å². The van der Waals surface area contributed by atoms with Crippen LogP contribution in [0.25, 0.3) is 34.4 Å². The summed E-state index contributed by atoms with van der Waals surface area (Å²) in [5.41, 5.74) is 0.892. The van der Waals surface area contributed by atoms with Crippen LogP contribution in [0.3, 0.4) is 0 Å². The minimum absolute atomic E-state index is 0.0668. The van der Waals surface area contributed by atoms with E-state index in [9.17, 15) is 76.0 Å². The summed E-state index contributed by atoms with van der Waals surface area (Å²) < 4.78 is 63.1. The molecule has 4 aromatic carbocycles. The Kier molecular flexibility index (Phi) is 18.4. The topological polar surface area (TPSA) is 401 Å². The molecule has 3 saturated heterocycles. The number of fused-ring (bicyclic) bond motifs is 1. The fourth-order valence-electron chi connectivity index (χ4n) is 8.54. The Labute approximate surface area is 447 Å². The molecule has 0 amide bonds. The molecule has 424 valence electrons. The fourth-order valence-corrected chi connectivity index (χ4v) is 8.54. The van der Waals surface area contributed by atoms with Gasteiger partial charge in [0.15, 0.2) is 35.4 Å². The number of esters is 2. The van der Waals surface area contributed by atoms with Gasteiger partial charge in [-0.3, -0.25) is 0 Å². The number of carbonyl (C=O) groups excluding carboxylic acids is 2. The molecular weight excluding hydrogens is 1050 g/mol. The van der Waals surface area contributed by atoms with E-state index in [0.29, 0.717) is 11.1 Å². The molecule has 0 spiro atoms. The normalized spacial score (nSPS) is 29.1. The lowest BCUT2D eigenvalue weighted by atomic mass is 9.97. The van der Waals surface area contributed by atoms with Gasteiger partial charge in [-0.2, -0.15) is 0 Å². The minimum Gasteiger partial charge on any atom is -0.508 e. The highest BCUT2D eigenvalue weighted by atomic mass is 16.8. The van der Waals surface area contributed by atoms with Gasteiger partial charge in [-0.25, -0.2) is 14.0 Å². The van der Waals surface area contributed by atoms with Crippen molar-refractivity contribution in [2.45, 2.75) is 92.1 Å². The van der Waals surface area contributed by atoms with Gasteiger partial charge < -0.3 is 114 Å². The van der Waals surface area contributed by atoms with E-state index >= 15 is 0 Å². The van der Waals surface area contributed by atoms with E-state index in [2.05, 4.69) is 0 Å². The van der Waals surface area contributed by atoms with Gasteiger partial charge in [-0.1, -0.05) is 12.1 Å². The van der Waals surface area contributed by atoms with Crippen molar-refractivity contribution in [3.63, 3.8) is 0 Å². The summed E-state index contributed by atoms with van der Waals surface area (Å²) in [6.45, 7) is -2.33. The molecule has 26 nitrogen and oxygen atoms in total. The molecule has 1 aromatic heterocycles. The van der Waals surface area contributed by atoms with E-state index < -0.39 is 130 Å². The summed E-state index contributed by atoms with van der Waals surface area (Å²) in [5, 5.41) is 139. The van der Waals surface area contributed by atoms with Crippen molar-refractivity contribution in [1.29, 1.82) is 0 Å². The van der Waals surface area contributed by atoms with Crippen molar-refractivity contribution in [3.8, 4) is 57.3 Å². The smallest absolute Gasteiger partial charge is 0.402 e. The van der Waals surface area contributed by atoms with Crippen molar-refractivity contribution in [3.05, 3.63) is 102 Å². The van der Waals surface area contributed by atoms with E-state index in [1.165, 1.54) is 93.1 Å². The number of benzene rings is 4. The lowest BCUT2D eigenvalue weighted by Gasteiger charge is -2.45. The Morgan fingerprint density at radius 2 is 1.04 bits per heavy atom. The van der Waals surface area contributed by atoms with Crippen molar-refractivity contribution in [1.82, 2.24) is 0 Å². The summed E-state index contributed by atoms with van der Waals surface area (Å²) in [6, 6.07) is 17.3. The van der Waals surface area contributed by atoms with E-state index in [4.69, 9.17) is 51.8 Å². The predicted molar refractivity (Wildman–Crippen MR) is 266 cm³/mol. The zero-order valence-corrected chi connectivity index (χ0v) is 41.7. The Balaban J connectivity index is 1.11. The van der Waals surface area contributed by atoms with Gasteiger partial charge in [-0.15, -0.1) is 0 Å². The molecular formula is C53H57O26+. The first-order valence-electron chi connectivity index (χ1n) is 24.1. The molecule has 0 aliphatic carbocycles. The average Bonchev–Trinajstić information content (AvgIpc) is 3.47. The average molecular weight is 1110 g/mol. The predicted octanol–water partition coefficient (Wildman–Crippen LogP) is -0.0693. The Morgan fingerprint density at radius 3 is 1.59 bits per heavy atom. The Morgan fingerprint density at radius 1 is 0.532 bits per heavy atom. The molecule has 0 bridgehead atoms. The third-order valence-electron chi connectivity index (χ3n) is 12.9. The van der Waals surface area contributed by atoms with Crippen LogP contribution in [0.2, 0.25) is 0 Å². The summed E-state index contributed by atoms with van der Waals surface area (Å²) in [7, 11) is 2.66. The highest BCUT2D eigenvalue weighted by Gasteiger charge is 2.53. The van der Waals surface area contributed by atoms with Crippen molar-refractivity contribution < 1.29 is 128 Å². The molecule has 26 heteroatoms. The van der Waals surface area contributed by atoms with Crippen molar-refractivity contribution in [2.75, 3.05) is 34.0 Å². The fraction of sp³-hybridized carbons (Fsp3) is 0.377. The largest absolute Gasteiger partial charge is 0.508 e. The summed E-state index contributed by atoms with van der Waals surface area (Å²) in [5.74, 6) is -3.47. The molecule has 15 atom stereocenters. The van der Waals surface area contributed by atoms with Crippen LogP contribution in [0.15, 0.2) is 95.4 Å². The second kappa shape index (κ2) is 25.1. The number of methoxy groups -OCH3 is 2. The highest BCUT2D eigenvalue weighted by Crippen LogP contribution is 2.43. The van der Waals surface area contributed by atoms with Crippen LogP contribution in [0.5, 0.6) is 46.0 Å². The Bertz CT molecular complexity index is 2980. The van der Waals surface area contributed by atoms with E-state index in [1.54, 1.807) is 0 Å². The highest BCUT2D eigenvalue weighted by molar-refractivity contribution is 5.89. The number of hydrogen-bond acceptors (Lipinski definition) is 25. The second-order valence-corrected chi connectivity index (χ2v) is 18.2. The SMILES string of the molecule is COc1cc(C=CC(=O)OCC2OC(OC3C(Oc4cc5c(OC6OC(CO)C(O)C(O)C6O)cc(O)cc5[o+]c4-c4ccc(O)cc4)OC(COC(=O)C=Cc4ccc(O)c(OC)c4)C(O)C3O)C(O)C(O)C2O)ccc1O. The van der Waals surface area contributed by atoms with E-state index in [-0.39, 0.29) is 62.5 Å². The zero-order valence-electron chi connectivity index (χ0n) is 41.7. The second-order valence-electron chi connectivity index (χ2n) is 18.2. The van der Waals surface area contributed by atoms with Crippen LogP contribution in [-0.4, -0.2) is 204 Å². The third kappa shape index (κ3) is 13.2. The maximum absolute atomic E-state index is 13.1. The van der Waals surface area contributed by atoms with Gasteiger partial charge in [0.1, 0.15) is 103 Å². The molecule has 4 heterocycles. The first kappa shape index (κ1) is 57.8. The van der Waals surface area contributed by atoms with Crippen LogP contribution in [0, 0.1) is 0 Å². The molecule has 8 rings (SSSR count). The summed E-state index contributed by atoms with van der Waals surface area (Å²) in [4.78, 5) is 25.9. The minimum atomic E-state index is -2.13. The standard InChI is InChI=1S/C53H56O26/c1-69-33-15-23(3-11-29(33)57)5-13-39(59)71-21-37-42(62)45(65)48(68)52(77-37)79-50-46(66)43(63)38(22-72-40(60)14-6-24-4-12-30(58)34(16-24)70-2)78-53(50)75-35-19-28-31(73-49(35)25-7-9-26(55)10-8-25)17-27(56)18-32(28)74-51-47(67)44(64)41(61)36(20-54)76-51/h3-19,36-38,41-48,50-54,61-68H,20-22H2,1-2H3,(H3-,55,56,57,58,59,60)/p+1. The molecule has 0 saturated carbocycles. The number of hydrogen-bond donors (Lipinski definition) is 13. The lowest BCUT2D eigenvalue weighted by Crippen LogP contribution is -2.65. The molecule has 3 fully saturated rings. The Hall–Kier alpha value is -7.41. The van der Waals surface area contributed by atoms with Gasteiger partial charge in [0.05, 0.1) is 32.5 Å². The first-order chi connectivity index (χ1) is 37.8. The number of carbonyl (C=O) groups is 2. The maximum Gasteiger partial charge on any atom is 0.402 e. The molecule has 13 N–H and O–H groups in total. The summed E-state index contributed by atoms with van der Waals surface area (Å²) >= 11 is 0. The number of phenolic OH excluding ortho intramolecular Hbond substituents is 4. The summed E-state index contributed by atoms with van der Waals surface area (Å²) in [6.07, 6.45) is -23.6. The van der Waals surface area contributed by atoms with Gasteiger partial charge in [0.2, 0.25) is 18.3 Å². The number of aliphatic hydroxyl groups excluding tert-OH is 9. The molecule has 15 unspecified atom stereocenters. The first-order valence-corrected chi connectivity index (χ1v) is 24.1. The lowest BCUT2D eigenvalue weighted by molar-refractivity contribution is -0.358. The molecule has 5 aromatic rings. The molecule has 3 aliphatic heterocycles. The number of aliphatic hydroxyl groups is 9. The number of aromatic hydroxyl groups is 4. The van der Waals surface area contributed by atoms with Gasteiger partial charge in [-0.05, 0) is 71.8 Å². The number of phenols is 4. The van der Waals surface area contributed by atoms with Gasteiger partial charge in [0, 0.05) is 24.3 Å². The van der Waals surface area contributed by atoms with Crippen molar-refractivity contribution in [2.24, 2.45) is 0 Å². The zero-order chi connectivity index (χ0) is 56.8. The van der Waals surface area contributed by atoms with Gasteiger partial charge in [0.25, 0.3) is 0 Å². The number of ether oxygens (including phenoxy) is 10. The van der Waals surface area contributed by atoms with Crippen LogP contribution in [0.4, 0.5) is 0 Å². The van der Waals surface area contributed by atoms with Crippen LogP contribution < -0.4 is 18.9 Å². The van der Waals surface area contributed by atoms with Crippen LogP contribution >= 0.6 is 0 Å². The van der Waals surface area contributed by atoms with Crippen molar-refractivity contribution >= 4 is 35.1 Å². The van der Waals surface area contributed by atoms with Gasteiger partial charge >= 0.3 is 23.3 Å². The molecule has 0 radical (unpaired) electrons. The third-order valence-corrected chi connectivity index (χ3v) is 12.9. The monoisotopic (exact) mass is 1110 g/mol. The van der Waals surface area contributed by atoms with Crippen LogP contribution in [-0.2, 0) is 38.0 Å². The quantitative estimate of drug-likeness (QED) is 0.0310. The van der Waals surface area contributed by atoms with E-state index in [0.717, 1.165) is 24.3 Å².